The zero-order chi connectivity index (χ0) is 15.4. The largest absolute Gasteiger partial charge is 0.465 e. The number of halogens is 1. The summed E-state index contributed by atoms with van der Waals surface area (Å²) in [6, 6.07) is 5.77. The van der Waals surface area contributed by atoms with Crippen molar-refractivity contribution in [2.24, 2.45) is 5.92 Å². The van der Waals surface area contributed by atoms with Crippen molar-refractivity contribution in [2.45, 2.75) is 25.8 Å². The predicted molar refractivity (Wildman–Crippen MR) is 86.1 cm³/mol. The van der Waals surface area contributed by atoms with Gasteiger partial charge in [-0.1, -0.05) is 11.6 Å². The molecular weight excluding hydrogens is 288 g/mol. The van der Waals surface area contributed by atoms with Gasteiger partial charge in [0.05, 0.1) is 17.7 Å². The number of anilines is 1. The molecule has 1 aliphatic rings. The summed E-state index contributed by atoms with van der Waals surface area (Å²) < 4.78 is 4.75. The maximum Gasteiger partial charge on any atom is 0.339 e. The third-order valence-electron chi connectivity index (χ3n) is 4.24. The summed E-state index contributed by atoms with van der Waals surface area (Å²) in [5.74, 6) is 0.244. The van der Waals surface area contributed by atoms with Gasteiger partial charge in [0.15, 0.2) is 0 Å². The lowest BCUT2D eigenvalue weighted by Crippen LogP contribution is -2.37. The summed E-state index contributed by atoms with van der Waals surface area (Å²) in [6.07, 6.45) is 2.39. The molecule has 116 valence electrons. The van der Waals surface area contributed by atoms with Gasteiger partial charge >= 0.3 is 5.97 Å². The topological polar surface area (TPSA) is 41.6 Å². The third kappa shape index (κ3) is 4.11. The van der Waals surface area contributed by atoms with E-state index in [0.29, 0.717) is 22.5 Å². The maximum atomic E-state index is 11.7. The lowest BCUT2D eigenvalue weighted by atomic mass is 9.90. The Kier molecular flexibility index (Phi) is 5.48. The maximum absolute atomic E-state index is 11.7. The highest BCUT2D eigenvalue weighted by Gasteiger charge is 2.22. The highest BCUT2D eigenvalue weighted by Crippen LogP contribution is 2.25. The number of rotatable bonds is 4. The number of esters is 1. The van der Waals surface area contributed by atoms with Gasteiger partial charge in [0, 0.05) is 11.7 Å². The van der Waals surface area contributed by atoms with Gasteiger partial charge in [-0.3, -0.25) is 0 Å². The van der Waals surface area contributed by atoms with Crippen LogP contribution in [-0.2, 0) is 4.74 Å². The number of benzene rings is 1. The van der Waals surface area contributed by atoms with Crippen molar-refractivity contribution < 1.29 is 9.53 Å². The van der Waals surface area contributed by atoms with Gasteiger partial charge in [0.2, 0.25) is 0 Å². The van der Waals surface area contributed by atoms with E-state index >= 15 is 0 Å². The van der Waals surface area contributed by atoms with Gasteiger partial charge in [-0.25, -0.2) is 4.79 Å². The van der Waals surface area contributed by atoms with E-state index in [4.69, 9.17) is 16.3 Å². The number of carbonyl (C=O) groups excluding carboxylic acids is 1. The minimum atomic E-state index is -0.407. The van der Waals surface area contributed by atoms with Crippen molar-refractivity contribution in [3.05, 3.63) is 28.8 Å². The molecule has 1 unspecified atom stereocenters. The minimum absolute atomic E-state index is 0.366. The van der Waals surface area contributed by atoms with Gasteiger partial charge in [-0.05, 0) is 64.0 Å². The molecule has 1 aromatic carbocycles. The first-order chi connectivity index (χ1) is 10.0. The number of piperidine rings is 1. The number of nitrogens with one attached hydrogen (secondary N) is 1. The molecule has 1 saturated heterocycles. The summed E-state index contributed by atoms with van der Waals surface area (Å²) in [4.78, 5) is 14.0. The van der Waals surface area contributed by atoms with Crippen molar-refractivity contribution in [1.29, 1.82) is 0 Å². The molecule has 1 aliphatic heterocycles. The van der Waals surface area contributed by atoms with E-state index < -0.39 is 5.97 Å². The van der Waals surface area contributed by atoms with E-state index in [1.165, 1.54) is 20.0 Å². The molecule has 4 nitrogen and oxygen atoms in total. The van der Waals surface area contributed by atoms with Crippen LogP contribution in [0.25, 0.3) is 0 Å². The Balaban J connectivity index is 2.04. The molecule has 1 heterocycles. The van der Waals surface area contributed by atoms with Gasteiger partial charge in [-0.2, -0.15) is 0 Å². The first-order valence-corrected chi connectivity index (χ1v) is 7.72. The van der Waals surface area contributed by atoms with E-state index in [1.54, 1.807) is 12.1 Å². The van der Waals surface area contributed by atoms with Crippen LogP contribution < -0.4 is 5.32 Å². The number of likely N-dealkylation sites (tertiary alicyclic amines) is 1. The summed E-state index contributed by atoms with van der Waals surface area (Å²) in [7, 11) is 3.52. The van der Waals surface area contributed by atoms with Crippen molar-refractivity contribution in [3.8, 4) is 0 Å². The Morgan fingerprint density at radius 1 is 1.43 bits per heavy atom. The Morgan fingerprint density at radius 2 is 2.10 bits per heavy atom. The summed E-state index contributed by atoms with van der Waals surface area (Å²) >= 11 is 6.04. The van der Waals surface area contributed by atoms with Gasteiger partial charge in [0.25, 0.3) is 0 Å². The summed E-state index contributed by atoms with van der Waals surface area (Å²) in [5, 5.41) is 3.90. The second-order valence-corrected chi connectivity index (χ2v) is 6.17. The fraction of sp³-hybridized carbons (Fsp3) is 0.562. The Morgan fingerprint density at radius 3 is 2.71 bits per heavy atom. The van der Waals surface area contributed by atoms with Crippen LogP contribution in [0, 0.1) is 5.92 Å². The van der Waals surface area contributed by atoms with Gasteiger partial charge in [0.1, 0.15) is 0 Å². The predicted octanol–water partition coefficient (Wildman–Crippen LogP) is 3.27. The number of methoxy groups -OCH3 is 1. The molecule has 0 aliphatic carbocycles. The van der Waals surface area contributed by atoms with E-state index in [-0.39, 0.29) is 0 Å². The Bertz CT molecular complexity index is 499. The quantitative estimate of drug-likeness (QED) is 0.867. The van der Waals surface area contributed by atoms with E-state index in [9.17, 15) is 4.79 Å². The van der Waals surface area contributed by atoms with Crippen LogP contribution in [0.5, 0.6) is 0 Å². The molecule has 1 fully saturated rings. The second-order valence-electron chi connectivity index (χ2n) is 5.76. The van der Waals surface area contributed by atoms with E-state index in [0.717, 1.165) is 18.8 Å². The van der Waals surface area contributed by atoms with Crippen LogP contribution in [0.4, 0.5) is 5.69 Å². The molecule has 0 radical (unpaired) electrons. The molecule has 5 heteroatoms. The second kappa shape index (κ2) is 7.14. The summed E-state index contributed by atoms with van der Waals surface area (Å²) in [6.45, 7) is 4.48. The molecular formula is C16H23ClN2O2. The van der Waals surface area contributed by atoms with Gasteiger partial charge < -0.3 is 15.0 Å². The minimum Gasteiger partial charge on any atom is -0.465 e. The SMILES string of the molecule is COC(=O)c1cc(NC(C)C2CCN(C)CC2)ccc1Cl. The molecule has 21 heavy (non-hydrogen) atoms. The van der Waals surface area contributed by atoms with Crippen molar-refractivity contribution in [3.63, 3.8) is 0 Å². The summed E-state index contributed by atoms with van der Waals surface area (Å²) in [5.41, 5.74) is 1.31. The molecule has 0 bridgehead atoms. The van der Waals surface area contributed by atoms with Crippen LogP contribution in [-0.4, -0.2) is 44.2 Å². The molecule has 1 atom stereocenters. The molecule has 0 aromatic heterocycles. The normalized spacial score (nSPS) is 18.3. The fourth-order valence-electron chi connectivity index (χ4n) is 2.79. The lowest BCUT2D eigenvalue weighted by molar-refractivity contribution is 0.0601. The van der Waals surface area contributed by atoms with Gasteiger partial charge in [-0.15, -0.1) is 0 Å². The van der Waals surface area contributed by atoms with Crippen LogP contribution in [0.15, 0.2) is 18.2 Å². The van der Waals surface area contributed by atoms with Crippen molar-refractivity contribution in [2.75, 3.05) is 32.6 Å². The monoisotopic (exact) mass is 310 g/mol. The number of carbonyl (C=O) groups is 1. The molecule has 2 rings (SSSR count). The first kappa shape index (κ1) is 16.1. The smallest absolute Gasteiger partial charge is 0.339 e. The van der Waals surface area contributed by atoms with Crippen molar-refractivity contribution >= 4 is 23.3 Å². The number of nitrogens with zero attached hydrogens (tertiary/aromatic N) is 1. The van der Waals surface area contributed by atoms with Crippen LogP contribution in [0.3, 0.4) is 0 Å². The average molecular weight is 311 g/mol. The molecule has 1 aromatic rings. The first-order valence-electron chi connectivity index (χ1n) is 7.34. The average Bonchev–Trinajstić information content (AvgIpc) is 2.49. The van der Waals surface area contributed by atoms with Crippen LogP contribution in [0.1, 0.15) is 30.1 Å². The van der Waals surface area contributed by atoms with E-state index in [2.05, 4.69) is 24.2 Å². The fourth-order valence-corrected chi connectivity index (χ4v) is 2.99. The number of hydrogen-bond donors (Lipinski definition) is 1. The molecule has 0 spiro atoms. The zero-order valence-corrected chi connectivity index (χ0v) is 13.6. The third-order valence-corrected chi connectivity index (χ3v) is 4.57. The molecule has 0 amide bonds. The van der Waals surface area contributed by atoms with E-state index in [1.807, 2.05) is 6.07 Å². The highest BCUT2D eigenvalue weighted by molar-refractivity contribution is 6.33. The number of ether oxygens (including phenoxy) is 1. The lowest BCUT2D eigenvalue weighted by Gasteiger charge is -2.33. The Labute approximate surface area is 131 Å². The Hall–Kier alpha value is -1.26. The van der Waals surface area contributed by atoms with Crippen LogP contribution >= 0.6 is 11.6 Å². The standard InChI is InChI=1S/C16H23ClN2O2/c1-11(12-6-8-19(2)9-7-12)18-13-4-5-15(17)14(10-13)16(20)21-3/h4-5,10-12,18H,6-9H2,1-3H3. The highest BCUT2D eigenvalue weighted by atomic mass is 35.5. The number of hydrogen-bond acceptors (Lipinski definition) is 4. The zero-order valence-electron chi connectivity index (χ0n) is 12.9. The molecule has 1 N–H and O–H groups in total. The van der Waals surface area contributed by atoms with Crippen molar-refractivity contribution in [1.82, 2.24) is 4.90 Å². The van der Waals surface area contributed by atoms with Crippen LogP contribution in [0.2, 0.25) is 5.02 Å². The molecule has 0 saturated carbocycles.